The molecule has 0 radical (unpaired) electrons. The molecule has 1 N–H and O–H groups in total. The molecule has 7 heteroatoms. The molecule has 2 aromatic rings. The Hall–Kier alpha value is -1.34. The van der Waals surface area contributed by atoms with Crippen LogP contribution < -0.4 is 4.72 Å². The minimum absolute atomic E-state index is 0.0206. The summed E-state index contributed by atoms with van der Waals surface area (Å²) in [6.45, 7) is 2.60. The number of rotatable bonds is 4. The lowest BCUT2D eigenvalue weighted by Gasteiger charge is -2.05. The van der Waals surface area contributed by atoms with Gasteiger partial charge in [0.05, 0.1) is 6.33 Å². The van der Waals surface area contributed by atoms with Gasteiger partial charge in [-0.15, -0.1) is 0 Å². The quantitative estimate of drug-likeness (QED) is 0.937. The fourth-order valence-corrected chi connectivity index (χ4v) is 2.65. The zero-order valence-electron chi connectivity index (χ0n) is 9.67. The van der Waals surface area contributed by atoms with Crippen LogP contribution in [0, 0.1) is 0 Å². The number of hydrogen-bond donors (Lipinski definition) is 1. The van der Waals surface area contributed by atoms with Gasteiger partial charge in [0, 0.05) is 22.9 Å². The van der Waals surface area contributed by atoms with Crippen LogP contribution in [0.2, 0.25) is 0 Å². The first-order chi connectivity index (χ1) is 8.51. The maximum Gasteiger partial charge on any atom is 0.280 e. The molecule has 0 saturated carbocycles. The highest BCUT2D eigenvalue weighted by Gasteiger charge is 2.17. The van der Waals surface area contributed by atoms with Gasteiger partial charge in [-0.1, -0.05) is 15.9 Å². The number of imidazole rings is 1. The smallest absolute Gasteiger partial charge is 0.280 e. The molecule has 1 aromatic carbocycles. The van der Waals surface area contributed by atoms with Crippen molar-refractivity contribution >= 4 is 31.6 Å². The Labute approximate surface area is 114 Å². The van der Waals surface area contributed by atoms with Gasteiger partial charge < -0.3 is 4.57 Å². The number of nitrogens with one attached hydrogen (secondary N) is 1. The van der Waals surface area contributed by atoms with E-state index in [1.165, 1.54) is 12.5 Å². The van der Waals surface area contributed by atoms with E-state index in [4.69, 9.17) is 0 Å². The first-order valence-corrected chi connectivity index (χ1v) is 7.59. The maximum absolute atomic E-state index is 12.0. The van der Waals surface area contributed by atoms with Gasteiger partial charge in [-0.25, -0.2) is 4.98 Å². The van der Waals surface area contributed by atoms with E-state index in [1.807, 2.05) is 6.92 Å². The number of anilines is 1. The molecule has 0 unspecified atom stereocenters. The van der Waals surface area contributed by atoms with E-state index in [9.17, 15) is 8.42 Å². The van der Waals surface area contributed by atoms with Gasteiger partial charge in [-0.05, 0) is 31.2 Å². The van der Waals surface area contributed by atoms with E-state index in [2.05, 4.69) is 25.6 Å². The number of nitrogens with zero attached hydrogens (tertiary/aromatic N) is 2. The molecule has 96 valence electrons. The summed E-state index contributed by atoms with van der Waals surface area (Å²) in [7, 11) is -3.61. The highest BCUT2D eigenvalue weighted by molar-refractivity contribution is 9.10. The summed E-state index contributed by atoms with van der Waals surface area (Å²) >= 11 is 3.29. The largest absolute Gasteiger partial charge is 0.336 e. The predicted molar refractivity (Wildman–Crippen MR) is 72.9 cm³/mol. The average molecular weight is 330 g/mol. The lowest BCUT2D eigenvalue weighted by molar-refractivity contribution is 0.598. The topological polar surface area (TPSA) is 64.0 Å². The van der Waals surface area contributed by atoms with Gasteiger partial charge >= 0.3 is 0 Å². The Kier molecular flexibility index (Phi) is 3.72. The summed E-state index contributed by atoms with van der Waals surface area (Å²) in [6.07, 6.45) is 3.00. The van der Waals surface area contributed by atoms with Crippen LogP contribution in [0.1, 0.15) is 6.92 Å². The molecule has 0 saturated heterocycles. The molecule has 0 fully saturated rings. The molecule has 0 atom stereocenters. The molecule has 2 rings (SSSR count). The third-order valence-corrected chi connectivity index (χ3v) is 4.14. The molecule has 1 aromatic heterocycles. The molecule has 0 bridgehead atoms. The third kappa shape index (κ3) is 2.91. The van der Waals surface area contributed by atoms with Crippen molar-refractivity contribution in [3.05, 3.63) is 41.3 Å². The molecule has 0 aliphatic rings. The Balaban J connectivity index is 2.24. The van der Waals surface area contributed by atoms with E-state index in [0.29, 0.717) is 12.2 Å². The Morgan fingerprint density at radius 2 is 2.00 bits per heavy atom. The normalized spacial score (nSPS) is 11.4. The second-order valence-corrected chi connectivity index (χ2v) is 6.20. The van der Waals surface area contributed by atoms with Gasteiger partial charge in [-0.3, -0.25) is 4.72 Å². The molecule has 1 heterocycles. The fourth-order valence-electron chi connectivity index (χ4n) is 1.38. The van der Waals surface area contributed by atoms with Crippen molar-refractivity contribution in [2.45, 2.75) is 18.5 Å². The van der Waals surface area contributed by atoms with E-state index in [-0.39, 0.29) is 5.03 Å². The molecule has 0 aliphatic heterocycles. The summed E-state index contributed by atoms with van der Waals surface area (Å²) in [6, 6.07) is 6.89. The van der Waals surface area contributed by atoms with Crippen molar-refractivity contribution in [1.29, 1.82) is 0 Å². The number of aryl methyl sites for hydroxylation is 1. The summed E-state index contributed by atoms with van der Waals surface area (Å²) in [5.41, 5.74) is 0.504. The van der Waals surface area contributed by atoms with Gasteiger partial charge in [0.15, 0.2) is 5.03 Å². The minimum atomic E-state index is -3.61. The van der Waals surface area contributed by atoms with E-state index in [0.717, 1.165) is 4.47 Å². The summed E-state index contributed by atoms with van der Waals surface area (Å²) in [5, 5.41) is 0.0206. The minimum Gasteiger partial charge on any atom is -0.336 e. The summed E-state index contributed by atoms with van der Waals surface area (Å²) < 4.78 is 29.1. The number of hydrogen-bond acceptors (Lipinski definition) is 3. The highest BCUT2D eigenvalue weighted by Crippen LogP contribution is 2.17. The number of aromatic nitrogens is 2. The Bertz CT molecular complexity index is 635. The van der Waals surface area contributed by atoms with Crippen molar-refractivity contribution in [2.24, 2.45) is 0 Å². The first-order valence-electron chi connectivity index (χ1n) is 5.31. The van der Waals surface area contributed by atoms with Crippen molar-refractivity contribution in [3.8, 4) is 0 Å². The number of sulfonamides is 1. The lowest BCUT2D eigenvalue weighted by atomic mass is 10.3. The Morgan fingerprint density at radius 1 is 1.33 bits per heavy atom. The van der Waals surface area contributed by atoms with E-state index in [1.54, 1.807) is 28.8 Å². The molecule has 0 aliphatic carbocycles. The Morgan fingerprint density at radius 3 is 2.56 bits per heavy atom. The van der Waals surface area contributed by atoms with Crippen LogP contribution >= 0.6 is 15.9 Å². The van der Waals surface area contributed by atoms with Gasteiger partial charge in [0.1, 0.15) is 0 Å². The van der Waals surface area contributed by atoms with Crippen LogP contribution in [0.5, 0.6) is 0 Å². The predicted octanol–water partition coefficient (Wildman–Crippen LogP) is 2.47. The maximum atomic E-state index is 12.0. The van der Waals surface area contributed by atoms with Crippen LogP contribution in [-0.2, 0) is 16.6 Å². The zero-order chi connectivity index (χ0) is 13.2. The lowest BCUT2D eigenvalue weighted by Crippen LogP contribution is -2.13. The summed E-state index contributed by atoms with van der Waals surface area (Å²) in [4.78, 5) is 3.88. The molecule has 5 nitrogen and oxygen atoms in total. The number of halogens is 1. The third-order valence-electron chi connectivity index (χ3n) is 2.35. The number of benzene rings is 1. The average Bonchev–Trinajstić information content (AvgIpc) is 2.81. The second-order valence-electron chi connectivity index (χ2n) is 3.65. The van der Waals surface area contributed by atoms with Crippen LogP contribution in [0.3, 0.4) is 0 Å². The molecule has 18 heavy (non-hydrogen) atoms. The van der Waals surface area contributed by atoms with Crippen LogP contribution in [0.4, 0.5) is 5.69 Å². The van der Waals surface area contributed by atoms with Gasteiger partial charge in [0.2, 0.25) is 0 Å². The molecular formula is C11H12BrN3O2S. The first kappa shape index (κ1) is 13.1. The van der Waals surface area contributed by atoms with Crippen LogP contribution in [-0.4, -0.2) is 18.0 Å². The monoisotopic (exact) mass is 329 g/mol. The molecule has 0 spiro atoms. The van der Waals surface area contributed by atoms with Gasteiger partial charge in [0.25, 0.3) is 10.0 Å². The van der Waals surface area contributed by atoms with E-state index >= 15 is 0 Å². The SMILES string of the molecule is CCn1cnc(S(=O)(=O)Nc2ccc(Br)cc2)c1. The standard InChI is InChI=1S/C11H12BrN3O2S/c1-2-15-7-11(13-8-15)18(16,17)14-10-5-3-9(12)4-6-10/h3-8,14H,2H2,1H3. The highest BCUT2D eigenvalue weighted by atomic mass is 79.9. The van der Waals surface area contributed by atoms with Crippen LogP contribution in [0.15, 0.2) is 46.3 Å². The molecular weight excluding hydrogens is 318 g/mol. The molecule has 0 amide bonds. The summed E-state index contributed by atoms with van der Waals surface area (Å²) in [5.74, 6) is 0. The van der Waals surface area contributed by atoms with Crippen molar-refractivity contribution in [1.82, 2.24) is 9.55 Å². The van der Waals surface area contributed by atoms with Crippen molar-refractivity contribution in [3.63, 3.8) is 0 Å². The van der Waals surface area contributed by atoms with Crippen LogP contribution in [0.25, 0.3) is 0 Å². The zero-order valence-corrected chi connectivity index (χ0v) is 12.1. The van der Waals surface area contributed by atoms with Gasteiger partial charge in [-0.2, -0.15) is 8.42 Å². The fraction of sp³-hybridized carbons (Fsp3) is 0.182. The van der Waals surface area contributed by atoms with Crippen molar-refractivity contribution in [2.75, 3.05) is 4.72 Å². The second kappa shape index (κ2) is 5.11. The van der Waals surface area contributed by atoms with Crippen molar-refractivity contribution < 1.29 is 8.42 Å². The van der Waals surface area contributed by atoms with E-state index < -0.39 is 10.0 Å².